The number of hydrogen-bond acceptors (Lipinski definition) is 2. The highest BCUT2D eigenvalue weighted by molar-refractivity contribution is 9.10. The van der Waals surface area contributed by atoms with Gasteiger partial charge in [-0.25, -0.2) is 0 Å². The fourth-order valence-electron chi connectivity index (χ4n) is 1.63. The Morgan fingerprint density at radius 3 is 2.43 bits per heavy atom. The molecule has 6 heteroatoms. The number of nitrogens with one attached hydrogen (secondary N) is 1. The molecule has 0 bridgehead atoms. The molecule has 1 unspecified atom stereocenters. The summed E-state index contributed by atoms with van der Waals surface area (Å²) in [6.45, 7) is 6.86. The summed E-state index contributed by atoms with van der Waals surface area (Å²) in [5.41, 5.74) is 1.79. The van der Waals surface area contributed by atoms with E-state index in [9.17, 15) is 13.2 Å². The van der Waals surface area contributed by atoms with Crippen LogP contribution in [-0.4, -0.2) is 18.8 Å². The van der Waals surface area contributed by atoms with E-state index in [2.05, 4.69) is 35.1 Å². The van der Waals surface area contributed by atoms with Crippen molar-refractivity contribution < 1.29 is 17.9 Å². The van der Waals surface area contributed by atoms with E-state index in [1.54, 1.807) is 6.07 Å². The molecule has 1 aromatic rings. The highest BCUT2D eigenvalue weighted by Crippen LogP contribution is 2.25. The van der Waals surface area contributed by atoms with Crippen LogP contribution in [0.15, 0.2) is 22.7 Å². The van der Waals surface area contributed by atoms with Gasteiger partial charge in [-0.2, -0.15) is 13.2 Å². The van der Waals surface area contributed by atoms with Crippen molar-refractivity contribution in [1.82, 2.24) is 5.32 Å². The lowest BCUT2D eigenvalue weighted by Gasteiger charge is -2.17. The van der Waals surface area contributed by atoms with Crippen LogP contribution >= 0.6 is 15.9 Å². The second-order valence-corrected chi connectivity index (χ2v) is 6.30. The molecule has 0 aliphatic carbocycles. The van der Waals surface area contributed by atoms with E-state index in [4.69, 9.17) is 4.74 Å². The number of alkyl halides is 3. The second kappa shape index (κ2) is 8.15. The molecule has 1 rings (SSSR count). The molecule has 0 amide bonds. The minimum Gasteiger partial charge on any atom is -0.364 e. The molecule has 0 saturated heterocycles. The average molecular weight is 368 g/mol. The summed E-state index contributed by atoms with van der Waals surface area (Å²) in [4.78, 5) is 0. The van der Waals surface area contributed by atoms with Crippen LogP contribution in [-0.2, 0) is 17.9 Å². The zero-order valence-electron chi connectivity index (χ0n) is 12.4. The van der Waals surface area contributed by atoms with Gasteiger partial charge < -0.3 is 10.1 Å². The molecule has 0 aliphatic rings. The topological polar surface area (TPSA) is 21.3 Å². The molecule has 1 N–H and O–H groups in total. The Bertz CT molecular complexity index is 449. The van der Waals surface area contributed by atoms with E-state index < -0.39 is 12.3 Å². The largest absolute Gasteiger partial charge is 0.414 e. The molecule has 0 radical (unpaired) electrons. The smallest absolute Gasteiger partial charge is 0.364 e. The molecule has 0 aromatic heterocycles. The van der Waals surface area contributed by atoms with Crippen molar-refractivity contribution in [1.29, 1.82) is 0 Å². The maximum Gasteiger partial charge on any atom is 0.414 e. The first-order valence-electron chi connectivity index (χ1n) is 6.86. The summed E-state index contributed by atoms with van der Waals surface area (Å²) < 4.78 is 42.7. The van der Waals surface area contributed by atoms with Crippen LogP contribution in [0.4, 0.5) is 13.2 Å². The number of benzene rings is 1. The third kappa shape index (κ3) is 6.80. The highest BCUT2D eigenvalue weighted by atomic mass is 79.9. The van der Waals surface area contributed by atoms with Gasteiger partial charge in [-0.3, -0.25) is 0 Å². The fraction of sp³-hybridized carbons (Fsp3) is 0.600. The van der Waals surface area contributed by atoms with E-state index >= 15 is 0 Å². The van der Waals surface area contributed by atoms with Gasteiger partial charge in [0.1, 0.15) is 0 Å². The van der Waals surface area contributed by atoms with Gasteiger partial charge in [-0.05, 0) is 36.6 Å². The Labute approximate surface area is 132 Å². The molecule has 0 spiro atoms. The van der Waals surface area contributed by atoms with Crippen LogP contribution in [0.25, 0.3) is 0 Å². The first-order chi connectivity index (χ1) is 9.70. The van der Waals surface area contributed by atoms with Crippen molar-refractivity contribution in [3.05, 3.63) is 33.8 Å². The summed E-state index contributed by atoms with van der Waals surface area (Å²) in [5.74, 6) is 0.574. The average Bonchev–Trinajstić information content (AvgIpc) is 2.35. The van der Waals surface area contributed by atoms with Gasteiger partial charge in [-0.15, -0.1) is 0 Å². The molecule has 1 atom stereocenters. The van der Waals surface area contributed by atoms with Crippen molar-refractivity contribution in [3.63, 3.8) is 0 Å². The molecular weight excluding hydrogens is 347 g/mol. The number of hydrogen-bond donors (Lipinski definition) is 1. The molecule has 0 saturated carbocycles. The molecule has 0 heterocycles. The van der Waals surface area contributed by atoms with Gasteiger partial charge in [0.25, 0.3) is 0 Å². The number of ether oxygens (including phenoxy) is 1. The Balaban J connectivity index is 2.54. The fourth-order valence-corrected chi connectivity index (χ4v) is 2.17. The van der Waals surface area contributed by atoms with Crippen molar-refractivity contribution in [3.8, 4) is 0 Å². The van der Waals surface area contributed by atoms with E-state index in [-0.39, 0.29) is 6.61 Å². The van der Waals surface area contributed by atoms with Crippen molar-refractivity contribution in [2.45, 2.75) is 46.2 Å². The Morgan fingerprint density at radius 2 is 1.90 bits per heavy atom. The van der Waals surface area contributed by atoms with Gasteiger partial charge >= 0.3 is 6.18 Å². The highest BCUT2D eigenvalue weighted by Gasteiger charge is 2.36. The number of halogens is 4. The monoisotopic (exact) mass is 367 g/mol. The zero-order valence-corrected chi connectivity index (χ0v) is 14.0. The van der Waals surface area contributed by atoms with Crippen molar-refractivity contribution >= 4 is 15.9 Å². The Kier molecular flexibility index (Phi) is 7.16. The number of rotatable bonds is 7. The Hall–Kier alpha value is -0.590. The Morgan fingerprint density at radius 1 is 1.24 bits per heavy atom. The lowest BCUT2D eigenvalue weighted by Crippen LogP contribution is -2.28. The molecular formula is C15H21BrF3NO. The molecule has 1 aromatic carbocycles. The van der Waals surface area contributed by atoms with Crippen LogP contribution in [0.1, 0.15) is 31.9 Å². The first-order valence-corrected chi connectivity index (χ1v) is 7.65. The molecule has 0 fully saturated rings. The summed E-state index contributed by atoms with van der Waals surface area (Å²) in [6, 6.07) is 5.60. The van der Waals surface area contributed by atoms with E-state index in [1.165, 1.54) is 0 Å². The predicted molar refractivity (Wildman–Crippen MR) is 81.0 cm³/mol. The van der Waals surface area contributed by atoms with Gasteiger partial charge in [0.05, 0.1) is 6.61 Å². The van der Waals surface area contributed by atoms with Crippen LogP contribution in [0.5, 0.6) is 0 Å². The van der Waals surface area contributed by atoms with Crippen LogP contribution in [0.2, 0.25) is 0 Å². The second-order valence-electron chi connectivity index (χ2n) is 5.45. The van der Waals surface area contributed by atoms with Gasteiger partial charge in [0.2, 0.25) is 0 Å². The quantitative estimate of drug-likeness (QED) is 0.756. The van der Waals surface area contributed by atoms with E-state index in [1.807, 2.05) is 12.1 Å². The van der Waals surface area contributed by atoms with E-state index in [0.717, 1.165) is 30.0 Å². The summed E-state index contributed by atoms with van der Waals surface area (Å²) in [5, 5.41) is 3.32. The SMILES string of the molecule is CC(C)CNCc1ccc(COC(C)C(F)(F)F)c(Br)c1. The minimum atomic E-state index is -4.33. The third-order valence-corrected chi connectivity index (χ3v) is 3.69. The van der Waals surface area contributed by atoms with Crippen LogP contribution < -0.4 is 5.32 Å². The normalized spacial score (nSPS) is 13.7. The lowest BCUT2D eigenvalue weighted by molar-refractivity contribution is -0.217. The van der Waals surface area contributed by atoms with Crippen LogP contribution in [0.3, 0.4) is 0 Å². The predicted octanol–water partition coefficient (Wildman–Crippen LogP) is 4.66. The standard InChI is InChI=1S/C15H21BrF3NO/c1-10(2)7-20-8-12-4-5-13(14(16)6-12)9-21-11(3)15(17,18)19/h4-6,10-11,20H,7-9H2,1-3H3. The van der Waals surface area contributed by atoms with Crippen molar-refractivity contribution in [2.24, 2.45) is 5.92 Å². The molecule has 120 valence electrons. The summed E-state index contributed by atoms with van der Waals surface area (Å²) >= 11 is 3.38. The third-order valence-electron chi connectivity index (χ3n) is 2.95. The van der Waals surface area contributed by atoms with Gasteiger partial charge in [0, 0.05) is 11.0 Å². The minimum absolute atomic E-state index is 0.0685. The maximum absolute atomic E-state index is 12.4. The zero-order chi connectivity index (χ0) is 16.0. The molecule has 0 aliphatic heterocycles. The van der Waals surface area contributed by atoms with Gasteiger partial charge in [-0.1, -0.05) is 41.9 Å². The lowest BCUT2D eigenvalue weighted by atomic mass is 10.1. The van der Waals surface area contributed by atoms with Gasteiger partial charge in [0.15, 0.2) is 6.10 Å². The van der Waals surface area contributed by atoms with Crippen LogP contribution in [0, 0.1) is 5.92 Å². The maximum atomic E-state index is 12.4. The molecule has 2 nitrogen and oxygen atoms in total. The summed E-state index contributed by atoms with van der Waals surface area (Å²) in [7, 11) is 0. The first kappa shape index (κ1) is 18.5. The van der Waals surface area contributed by atoms with Crippen molar-refractivity contribution in [2.75, 3.05) is 6.54 Å². The summed E-state index contributed by atoms with van der Waals surface area (Å²) in [6.07, 6.45) is -6.09. The van der Waals surface area contributed by atoms with E-state index in [0.29, 0.717) is 11.5 Å². The molecule has 21 heavy (non-hydrogen) atoms.